The largest absolute Gasteiger partial charge is 0.480 e. The molecule has 0 radical (unpaired) electrons. The summed E-state index contributed by atoms with van der Waals surface area (Å²) < 4.78 is 63.4. The molecule has 0 saturated heterocycles. The molecule has 9 heteroatoms. The minimum atomic E-state index is -4.56. The summed E-state index contributed by atoms with van der Waals surface area (Å²) in [5.41, 5.74) is -2.53. The van der Waals surface area contributed by atoms with Gasteiger partial charge in [-0.25, -0.2) is 8.42 Å². The summed E-state index contributed by atoms with van der Waals surface area (Å²) in [5, 5.41) is 9.07. The van der Waals surface area contributed by atoms with Gasteiger partial charge in [-0.05, 0) is 43.5 Å². The summed E-state index contributed by atoms with van der Waals surface area (Å²) in [4.78, 5) is 10.7. The van der Waals surface area contributed by atoms with Crippen LogP contribution in [0.4, 0.5) is 13.2 Å². The first-order valence-corrected chi connectivity index (χ1v) is 7.50. The summed E-state index contributed by atoms with van der Waals surface area (Å²) in [5.74, 6) is -1.29. The molecule has 0 aliphatic heterocycles. The number of alkyl halides is 3. The Morgan fingerprint density at radius 1 is 1.19 bits per heavy atom. The molecule has 1 fully saturated rings. The van der Waals surface area contributed by atoms with E-state index in [0.717, 1.165) is 12.1 Å². The van der Waals surface area contributed by atoms with Crippen molar-refractivity contribution < 1.29 is 31.5 Å². The van der Waals surface area contributed by atoms with E-state index in [2.05, 4.69) is 4.72 Å². The highest BCUT2D eigenvalue weighted by Crippen LogP contribution is 2.34. The number of carbonyl (C=O) groups is 1. The minimum Gasteiger partial charge on any atom is -0.480 e. The molecule has 1 saturated carbocycles. The van der Waals surface area contributed by atoms with Gasteiger partial charge in [0.1, 0.15) is 5.54 Å². The molecule has 116 valence electrons. The topological polar surface area (TPSA) is 83.5 Å². The second-order valence-corrected chi connectivity index (χ2v) is 6.55. The number of sulfonamides is 1. The van der Waals surface area contributed by atoms with Crippen LogP contribution in [0.1, 0.15) is 24.8 Å². The lowest BCUT2D eigenvalue weighted by molar-refractivity contribution is -0.147. The van der Waals surface area contributed by atoms with Crippen LogP contribution in [-0.4, -0.2) is 25.0 Å². The number of aliphatic carboxylic acids is 1. The van der Waals surface area contributed by atoms with Crippen molar-refractivity contribution in [3.05, 3.63) is 29.8 Å². The van der Waals surface area contributed by atoms with Gasteiger partial charge in [-0.15, -0.1) is 0 Å². The van der Waals surface area contributed by atoms with Gasteiger partial charge in [-0.2, -0.15) is 17.9 Å². The molecule has 21 heavy (non-hydrogen) atoms. The highest BCUT2D eigenvalue weighted by atomic mass is 32.2. The van der Waals surface area contributed by atoms with Crippen LogP contribution in [0.25, 0.3) is 0 Å². The average Bonchev–Trinajstić information content (AvgIpc) is 2.32. The summed E-state index contributed by atoms with van der Waals surface area (Å²) in [6.07, 6.45) is -3.68. The highest BCUT2D eigenvalue weighted by molar-refractivity contribution is 7.89. The zero-order chi connectivity index (χ0) is 15.9. The van der Waals surface area contributed by atoms with Crippen LogP contribution < -0.4 is 4.72 Å². The zero-order valence-corrected chi connectivity index (χ0v) is 11.5. The number of benzene rings is 1. The van der Waals surface area contributed by atoms with E-state index in [0.29, 0.717) is 18.6 Å². The smallest absolute Gasteiger partial charge is 0.416 e. The van der Waals surface area contributed by atoms with Crippen molar-refractivity contribution in [2.24, 2.45) is 0 Å². The minimum absolute atomic E-state index is 0.155. The van der Waals surface area contributed by atoms with E-state index in [1.165, 1.54) is 0 Å². The molecule has 1 aliphatic rings. The second-order valence-electron chi connectivity index (χ2n) is 4.87. The average molecular weight is 323 g/mol. The molecule has 1 aromatic carbocycles. The number of rotatable bonds is 4. The van der Waals surface area contributed by atoms with Crippen molar-refractivity contribution in [3.8, 4) is 0 Å². The van der Waals surface area contributed by atoms with E-state index in [1.54, 1.807) is 0 Å². The Kier molecular flexibility index (Phi) is 3.75. The molecule has 0 atom stereocenters. The molecule has 0 heterocycles. The number of carboxylic acids is 1. The molecular weight excluding hydrogens is 311 g/mol. The standard InChI is InChI=1S/C12H12F3NO4S/c13-12(14,15)8-2-4-9(5-3-8)21(19,20)16-11(10(17)18)6-1-7-11/h2-5,16H,1,6-7H2,(H,17,18). The first-order valence-electron chi connectivity index (χ1n) is 6.01. The SMILES string of the molecule is O=C(O)C1(NS(=O)(=O)c2ccc(C(F)(F)F)cc2)CCC1. The maximum atomic E-state index is 12.4. The monoisotopic (exact) mass is 323 g/mol. The third-order valence-electron chi connectivity index (χ3n) is 3.44. The second kappa shape index (κ2) is 4.99. The Morgan fingerprint density at radius 3 is 2.05 bits per heavy atom. The van der Waals surface area contributed by atoms with E-state index in [-0.39, 0.29) is 12.8 Å². The summed E-state index contributed by atoms with van der Waals surface area (Å²) in [7, 11) is -4.18. The third kappa shape index (κ3) is 3.03. The van der Waals surface area contributed by atoms with Gasteiger partial charge in [0, 0.05) is 0 Å². The number of hydrogen-bond acceptors (Lipinski definition) is 3. The molecule has 0 bridgehead atoms. The molecule has 0 amide bonds. The molecule has 2 rings (SSSR count). The van der Waals surface area contributed by atoms with Crippen molar-refractivity contribution in [2.75, 3.05) is 0 Å². The Balaban J connectivity index is 2.26. The van der Waals surface area contributed by atoms with Gasteiger partial charge in [0.2, 0.25) is 10.0 Å². The summed E-state index contributed by atoms with van der Waals surface area (Å²) >= 11 is 0. The van der Waals surface area contributed by atoms with Gasteiger partial charge < -0.3 is 5.11 Å². The Bertz CT molecular complexity index is 648. The van der Waals surface area contributed by atoms with Gasteiger partial charge >= 0.3 is 12.1 Å². The lowest BCUT2D eigenvalue weighted by atomic mass is 9.78. The number of carboxylic acid groups (broad SMARTS) is 1. The van der Waals surface area contributed by atoms with E-state index in [1.807, 2.05) is 0 Å². The Labute approximate surface area is 118 Å². The van der Waals surface area contributed by atoms with Gasteiger partial charge in [-0.1, -0.05) is 0 Å². The van der Waals surface area contributed by atoms with Gasteiger partial charge in [-0.3, -0.25) is 4.79 Å². The Hall–Kier alpha value is -1.61. The molecule has 2 N–H and O–H groups in total. The quantitative estimate of drug-likeness (QED) is 0.887. The predicted octanol–water partition coefficient (Wildman–Crippen LogP) is 1.99. The fourth-order valence-electron chi connectivity index (χ4n) is 2.03. The lowest BCUT2D eigenvalue weighted by Gasteiger charge is -2.37. The van der Waals surface area contributed by atoms with Crippen LogP contribution in [0.5, 0.6) is 0 Å². The fraction of sp³-hybridized carbons (Fsp3) is 0.417. The molecule has 0 aromatic heterocycles. The van der Waals surface area contributed by atoms with Gasteiger partial charge in [0.25, 0.3) is 0 Å². The molecular formula is C12H12F3NO4S. The van der Waals surface area contributed by atoms with Gasteiger partial charge in [0.15, 0.2) is 0 Å². The van der Waals surface area contributed by atoms with E-state index in [4.69, 9.17) is 5.11 Å². The third-order valence-corrected chi connectivity index (χ3v) is 4.99. The van der Waals surface area contributed by atoms with Crippen molar-refractivity contribution in [2.45, 2.75) is 35.9 Å². The van der Waals surface area contributed by atoms with Crippen LogP contribution in [0.15, 0.2) is 29.2 Å². The predicted molar refractivity (Wildman–Crippen MR) is 66.0 cm³/mol. The van der Waals surface area contributed by atoms with Crippen molar-refractivity contribution in [1.29, 1.82) is 0 Å². The van der Waals surface area contributed by atoms with Crippen molar-refractivity contribution >= 4 is 16.0 Å². The van der Waals surface area contributed by atoms with Crippen LogP contribution in [0.3, 0.4) is 0 Å². The summed E-state index contributed by atoms with van der Waals surface area (Å²) in [6.45, 7) is 0. The molecule has 1 aliphatic carbocycles. The number of nitrogens with one attached hydrogen (secondary N) is 1. The fourth-order valence-corrected chi connectivity index (χ4v) is 3.45. The van der Waals surface area contributed by atoms with Crippen LogP contribution in [0.2, 0.25) is 0 Å². The number of hydrogen-bond donors (Lipinski definition) is 2. The van der Waals surface area contributed by atoms with E-state index >= 15 is 0 Å². The van der Waals surface area contributed by atoms with E-state index in [9.17, 15) is 26.4 Å². The van der Waals surface area contributed by atoms with Crippen molar-refractivity contribution in [3.63, 3.8) is 0 Å². The number of halogens is 3. The highest BCUT2D eigenvalue weighted by Gasteiger charge is 2.47. The van der Waals surface area contributed by atoms with Crippen LogP contribution in [-0.2, 0) is 21.0 Å². The maximum absolute atomic E-state index is 12.4. The molecule has 0 unspecified atom stereocenters. The zero-order valence-electron chi connectivity index (χ0n) is 10.6. The first kappa shape index (κ1) is 15.8. The molecule has 1 aromatic rings. The maximum Gasteiger partial charge on any atom is 0.416 e. The van der Waals surface area contributed by atoms with Gasteiger partial charge in [0.05, 0.1) is 10.5 Å². The Morgan fingerprint density at radius 2 is 1.71 bits per heavy atom. The summed E-state index contributed by atoms with van der Waals surface area (Å²) in [6, 6.07) is 2.89. The van der Waals surface area contributed by atoms with Crippen LogP contribution in [0, 0.1) is 0 Å². The molecule has 0 spiro atoms. The normalized spacial score (nSPS) is 18.0. The van der Waals surface area contributed by atoms with E-state index < -0.39 is 38.2 Å². The lowest BCUT2D eigenvalue weighted by Crippen LogP contribution is -2.58. The first-order chi connectivity index (χ1) is 9.57. The van der Waals surface area contributed by atoms with Crippen molar-refractivity contribution in [1.82, 2.24) is 4.72 Å². The molecule has 5 nitrogen and oxygen atoms in total. The van der Waals surface area contributed by atoms with Crippen LogP contribution >= 0.6 is 0 Å².